The Balaban J connectivity index is 1.62. The van der Waals surface area contributed by atoms with E-state index in [0.717, 1.165) is 28.8 Å². The van der Waals surface area contributed by atoms with Crippen LogP contribution < -0.4 is 4.74 Å². The first-order valence-electron chi connectivity index (χ1n) is 9.90. The SMILES string of the molecule is COc1ccc(-n2c(C)ccc2C2C(c3ccccn3)N=C3SC(C)CN32)cc1. The smallest absolute Gasteiger partial charge is 0.160 e. The molecule has 0 bridgehead atoms. The topological polar surface area (TPSA) is 42.6 Å². The molecule has 1 saturated heterocycles. The Morgan fingerprint density at radius 1 is 1.07 bits per heavy atom. The molecule has 5 rings (SSSR count). The summed E-state index contributed by atoms with van der Waals surface area (Å²) in [6, 6.07) is 18.9. The minimum absolute atomic E-state index is 0.00232. The Labute approximate surface area is 175 Å². The van der Waals surface area contributed by atoms with Gasteiger partial charge < -0.3 is 14.2 Å². The van der Waals surface area contributed by atoms with Crippen LogP contribution in [0, 0.1) is 6.92 Å². The van der Waals surface area contributed by atoms with Crippen molar-refractivity contribution >= 4 is 16.9 Å². The highest BCUT2D eigenvalue weighted by Crippen LogP contribution is 2.48. The molecule has 29 heavy (non-hydrogen) atoms. The van der Waals surface area contributed by atoms with Gasteiger partial charge in [-0.3, -0.25) is 9.98 Å². The van der Waals surface area contributed by atoms with Crippen LogP contribution in [-0.4, -0.2) is 38.5 Å². The summed E-state index contributed by atoms with van der Waals surface area (Å²) in [5.74, 6) is 0.864. The zero-order valence-electron chi connectivity index (χ0n) is 16.8. The molecule has 1 fully saturated rings. The number of thioether (sulfide) groups is 1. The molecule has 148 valence electrons. The van der Waals surface area contributed by atoms with E-state index in [9.17, 15) is 0 Å². The summed E-state index contributed by atoms with van der Waals surface area (Å²) in [4.78, 5) is 12.2. The summed E-state index contributed by atoms with van der Waals surface area (Å²) in [5, 5.41) is 1.68. The van der Waals surface area contributed by atoms with Crippen LogP contribution in [0.3, 0.4) is 0 Å². The van der Waals surface area contributed by atoms with Gasteiger partial charge in [0.25, 0.3) is 0 Å². The predicted octanol–water partition coefficient (Wildman–Crippen LogP) is 4.78. The fourth-order valence-electron chi connectivity index (χ4n) is 4.31. The second kappa shape index (κ2) is 7.26. The average molecular weight is 405 g/mol. The second-order valence-corrected chi connectivity index (χ2v) is 8.98. The number of benzene rings is 1. The third-order valence-electron chi connectivity index (χ3n) is 5.62. The van der Waals surface area contributed by atoms with Gasteiger partial charge in [0, 0.05) is 35.1 Å². The van der Waals surface area contributed by atoms with E-state index < -0.39 is 0 Å². The van der Waals surface area contributed by atoms with Crippen molar-refractivity contribution in [1.82, 2.24) is 14.5 Å². The molecule has 0 amide bonds. The number of hydrogen-bond donors (Lipinski definition) is 0. The molecule has 1 aromatic carbocycles. The second-order valence-electron chi connectivity index (χ2n) is 7.57. The first-order chi connectivity index (χ1) is 14.2. The van der Waals surface area contributed by atoms with Crippen LogP contribution in [0.4, 0.5) is 0 Å². The van der Waals surface area contributed by atoms with Gasteiger partial charge in [0.1, 0.15) is 11.8 Å². The maximum Gasteiger partial charge on any atom is 0.160 e. The van der Waals surface area contributed by atoms with E-state index in [1.165, 1.54) is 11.4 Å². The first-order valence-corrected chi connectivity index (χ1v) is 10.8. The van der Waals surface area contributed by atoms with Gasteiger partial charge in [0.15, 0.2) is 5.17 Å². The van der Waals surface area contributed by atoms with Crippen LogP contribution in [0.25, 0.3) is 5.69 Å². The maximum atomic E-state index is 5.34. The zero-order valence-corrected chi connectivity index (χ0v) is 17.6. The fourth-order valence-corrected chi connectivity index (χ4v) is 5.40. The number of aromatic nitrogens is 2. The lowest BCUT2D eigenvalue weighted by atomic mass is 10.0. The van der Waals surface area contributed by atoms with Crippen molar-refractivity contribution in [1.29, 1.82) is 0 Å². The van der Waals surface area contributed by atoms with E-state index in [2.05, 4.69) is 58.6 Å². The van der Waals surface area contributed by atoms with Gasteiger partial charge in [-0.2, -0.15) is 0 Å². The molecule has 3 unspecified atom stereocenters. The van der Waals surface area contributed by atoms with Crippen molar-refractivity contribution in [3.63, 3.8) is 0 Å². The van der Waals surface area contributed by atoms with Gasteiger partial charge in [0.05, 0.1) is 18.8 Å². The standard InChI is InChI=1S/C23H24N4OS/c1-15-7-12-20(27(15)17-8-10-18(28-3)11-9-17)22-21(19-6-4-5-13-24-19)25-23-26(22)14-16(2)29-23/h4-13,16,21-22H,14H2,1-3H3. The quantitative estimate of drug-likeness (QED) is 0.628. The number of aliphatic imine (C=N–C) groups is 1. The first kappa shape index (κ1) is 18.3. The average Bonchev–Trinajstić information content (AvgIpc) is 3.40. The number of aryl methyl sites for hydroxylation is 1. The number of hydrogen-bond acceptors (Lipinski definition) is 5. The Morgan fingerprint density at radius 2 is 1.90 bits per heavy atom. The molecule has 0 aliphatic carbocycles. The molecule has 2 aliphatic rings. The van der Waals surface area contributed by atoms with Gasteiger partial charge >= 0.3 is 0 Å². The van der Waals surface area contributed by atoms with Crippen LogP contribution in [0.5, 0.6) is 5.75 Å². The van der Waals surface area contributed by atoms with Crippen molar-refractivity contribution in [3.8, 4) is 11.4 Å². The van der Waals surface area contributed by atoms with Gasteiger partial charge in [-0.15, -0.1) is 0 Å². The Bertz CT molecular complexity index is 1040. The molecule has 5 nitrogen and oxygen atoms in total. The van der Waals surface area contributed by atoms with E-state index in [4.69, 9.17) is 9.73 Å². The van der Waals surface area contributed by atoms with Crippen molar-refractivity contribution in [2.24, 2.45) is 4.99 Å². The number of ether oxygens (including phenoxy) is 1. The highest BCUT2D eigenvalue weighted by molar-refractivity contribution is 8.14. The van der Waals surface area contributed by atoms with Crippen LogP contribution in [-0.2, 0) is 0 Å². The lowest BCUT2D eigenvalue weighted by molar-refractivity contribution is 0.312. The minimum Gasteiger partial charge on any atom is -0.497 e. The Kier molecular flexibility index (Phi) is 4.59. The van der Waals surface area contributed by atoms with E-state index in [0.29, 0.717) is 5.25 Å². The summed E-state index contributed by atoms with van der Waals surface area (Å²) < 4.78 is 7.68. The molecule has 3 aromatic rings. The molecule has 2 aromatic heterocycles. The predicted molar refractivity (Wildman–Crippen MR) is 118 cm³/mol. The molecule has 0 radical (unpaired) electrons. The highest BCUT2D eigenvalue weighted by Gasteiger charge is 2.44. The summed E-state index contributed by atoms with van der Waals surface area (Å²) in [6.07, 6.45) is 1.86. The van der Waals surface area contributed by atoms with Gasteiger partial charge in [-0.1, -0.05) is 24.8 Å². The number of fused-ring (bicyclic) bond motifs is 1. The molecule has 0 saturated carbocycles. The van der Waals surface area contributed by atoms with E-state index in [-0.39, 0.29) is 12.1 Å². The lowest BCUT2D eigenvalue weighted by Gasteiger charge is -2.28. The van der Waals surface area contributed by atoms with Crippen molar-refractivity contribution in [2.45, 2.75) is 31.2 Å². The maximum absolute atomic E-state index is 5.34. The number of rotatable bonds is 4. The third kappa shape index (κ3) is 3.12. The summed E-state index contributed by atoms with van der Waals surface area (Å²) in [6.45, 7) is 5.43. The van der Waals surface area contributed by atoms with Crippen molar-refractivity contribution in [3.05, 3.63) is 77.9 Å². The van der Waals surface area contributed by atoms with Gasteiger partial charge in [-0.05, 0) is 55.5 Å². The van der Waals surface area contributed by atoms with Crippen molar-refractivity contribution in [2.75, 3.05) is 13.7 Å². The molecule has 6 heteroatoms. The summed E-state index contributed by atoms with van der Waals surface area (Å²) in [5.41, 5.74) is 4.61. The van der Waals surface area contributed by atoms with E-state index >= 15 is 0 Å². The molecule has 2 aliphatic heterocycles. The Hall–Kier alpha value is -2.73. The largest absolute Gasteiger partial charge is 0.497 e. The van der Waals surface area contributed by atoms with Crippen LogP contribution >= 0.6 is 11.8 Å². The molecule has 4 heterocycles. The number of nitrogens with zero attached hydrogens (tertiary/aromatic N) is 4. The fraction of sp³-hybridized carbons (Fsp3) is 0.304. The summed E-state index contributed by atoms with van der Waals surface area (Å²) >= 11 is 1.87. The molecule has 0 spiro atoms. The molecule has 3 atom stereocenters. The normalized spacial score (nSPS) is 23.2. The Morgan fingerprint density at radius 3 is 2.62 bits per heavy atom. The third-order valence-corrected chi connectivity index (χ3v) is 6.72. The van der Waals surface area contributed by atoms with Crippen LogP contribution in [0.15, 0.2) is 65.8 Å². The lowest BCUT2D eigenvalue weighted by Crippen LogP contribution is -2.30. The van der Waals surface area contributed by atoms with Crippen molar-refractivity contribution < 1.29 is 4.74 Å². The van der Waals surface area contributed by atoms with Crippen LogP contribution in [0.1, 0.15) is 36.1 Å². The minimum atomic E-state index is -0.00232. The zero-order chi connectivity index (χ0) is 20.0. The van der Waals surface area contributed by atoms with E-state index in [1.54, 1.807) is 7.11 Å². The van der Waals surface area contributed by atoms with Gasteiger partial charge in [0.2, 0.25) is 0 Å². The number of pyridine rings is 1. The molecular formula is C23H24N4OS. The monoisotopic (exact) mass is 404 g/mol. The van der Waals surface area contributed by atoms with Crippen LogP contribution in [0.2, 0.25) is 0 Å². The molecular weight excluding hydrogens is 380 g/mol. The summed E-state index contributed by atoms with van der Waals surface area (Å²) in [7, 11) is 1.70. The number of methoxy groups -OCH3 is 1. The van der Waals surface area contributed by atoms with Gasteiger partial charge in [-0.25, -0.2) is 0 Å². The highest BCUT2D eigenvalue weighted by atomic mass is 32.2. The number of amidine groups is 1. The van der Waals surface area contributed by atoms with E-state index in [1.807, 2.05) is 42.2 Å². The molecule has 0 N–H and O–H groups in total.